The highest BCUT2D eigenvalue weighted by molar-refractivity contribution is 6.10. The number of hydrogen-bond acceptors (Lipinski definition) is 7. The van der Waals surface area contributed by atoms with E-state index in [0.29, 0.717) is 22.9 Å². The number of nitrogens with one attached hydrogen (secondary N) is 2. The highest BCUT2D eigenvalue weighted by atomic mass is 16.2. The molecule has 2 aliphatic rings. The number of benzene rings is 2. The monoisotopic (exact) mass is 492 g/mol. The first-order valence-electron chi connectivity index (χ1n) is 12.7. The molecule has 4 aromatic rings. The molecule has 0 unspecified atom stereocenters. The van der Waals surface area contributed by atoms with Crippen LogP contribution in [0.1, 0.15) is 50.3 Å². The number of aromatic nitrogens is 4. The van der Waals surface area contributed by atoms with E-state index in [4.69, 9.17) is 4.98 Å². The minimum Gasteiger partial charge on any atom is -0.340 e. The van der Waals surface area contributed by atoms with Crippen molar-refractivity contribution >= 4 is 45.6 Å². The molecule has 6 rings (SSSR count). The van der Waals surface area contributed by atoms with Gasteiger partial charge in [0.05, 0.1) is 34.7 Å². The number of nitrogens with zero attached hydrogens (tertiary/aromatic N) is 6. The van der Waals surface area contributed by atoms with Gasteiger partial charge in [0.1, 0.15) is 11.7 Å². The molecule has 9 heteroatoms. The number of H-pyrrole nitrogens is 1. The zero-order valence-electron chi connectivity index (χ0n) is 20.9. The maximum absolute atomic E-state index is 13.8. The van der Waals surface area contributed by atoms with Crippen LogP contribution >= 0.6 is 0 Å². The zero-order valence-corrected chi connectivity index (χ0v) is 20.9. The number of aryl methyl sites for hydroxylation is 1. The van der Waals surface area contributed by atoms with Crippen molar-refractivity contribution in [3.05, 3.63) is 59.9 Å². The van der Waals surface area contributed by atoms with Crippen molar-refractivity contribution < 1.29 is 4.79 Å². The van der Waals surface area contributed by atoms with E-state index in [2.05, 4.69) is 31.5 Å². The predicted octanol–water partition coefficient (Wildman–Crippen LogP) is 5.48. The Balaban J connectivity index is 1.44. The molecule has 1 amide bonds. The quantitative estimate of drug-likeness (QED) is 0.388. The van der Waals surface area contributed by atoms with Gasteiger partial charge in [-0.05, 0) is 63.1 Å². The predicted molar refractivity (Wildman–Crippen MR) is 143 cm³/mol. The fourth-order valence-electron chi connectivity index (χ4n) is 5.56. The van der Waals surface area contributed by atoms with Gasteiger partial charge in [-0.15, -0.1) is 0 Å². The van der Waals surface area contributed by atoms with Crippen molar-refractivity contribution in [2.45, 2.75) is 58.0 Å². The second kappa shape index (κ2) is 9.21. The Hall–Kier alpha value is -4.45. The van der Waals surface area contributed by atoms with Gasteiger partial charge >= 0.3 is 0 Å². The molecule has 186 valence electrons. The first kappa shape index (κ1) is 23.0. The fraction of sp³-hybridized carbons (Fsp3) is 0.321. The average Bonchev–Trinajstić information content (AvgIpc) is 3.30. The number of anilines is 5. The van der Waals surface area contributed by atoms with Gasteiger partial charge in [-0.1, -0.05) is 25.3 Å². The van der Waals surface area contributed by atoms with Gasteiger partial charge in [-0.2, -0.15) is 15.3 Å². The van der Waals surface area contributed by atoms with Gasteiger partial charge in [-0.25, -0.2) is 4.98 Å². The molecular weight excluding hydrogens is 464 g/mol. The van der Waals surface area contributed by atoms with Gasteiger partial charge in [0.2, 0.25) is 5.95 Å². The number of nitriles is 1. The lowest BCUT2D eigenvalue weighted by molar-refractivity contribution is -0.119. The van der Waals surface area contributed by atoms with Gasteiger partial charge in [0, 0.05) is 17.1 Å². The van der Waals surface area contributed by atoms with Crippen LogP contribution in [0.4, 0.5) is 28.8 Å². The lowest BCUT2D eigenvalue weighted by Gasteiger charge is -2.45. The minimum atomic E-state index is -0.394. The molecule has 0 bridgehead atoms. The summed E-state index contributed by atoms with van der Waals surface area (Å²) in [4.78, 5) is 27.2. The van der Waals surface area contributed by atoms with Crippen molar-refractivity contribution in [3.63, 3.8) is 0 Å². The summed E-state index contributed by atoms with van der Waals surface area (Å²) in [5, 5.41) is 21.1. The van der Waals surface area contributed by atoms with Crippen molar-refractivity contribution in [3.8, 4) is 6.07 Å². The lowest BCUT2D eigenvalue weighted by Crippen LogP contribution is -2.55. The summed E-state index contributed by atoms with van der Waals surface area (Å²) < 4.78 is 0. The SMILES string of the molecule is Cc1n[nH]c2ccc(Nc3ncc4c(n3)N(C3CCCCC3)[C@H](C)C(=O)N4c3cccc(C#N)c3)cc12. The molecule has 0 radical (unpaired) electrons. The Morgan fingerprint density at radius 2 is 1.97 bits per heavy atom. The van der Waals surface area contributed by atoms with E-state index in [9.17, 15) is 10.1 Å². The first-order valence-corrected chi connectivity index (χ1v) is 12.7. The summed E-state index contributed by atoms with van der Waals surface area (Å²) in [6, 6.07) is 15.1. The molecule has 37 heavy (non-hydrogen) atoms. The zero-order chi connectivity index (χ0) is 25.5. The molecule has 9 nitrogen and oxygen atoms in total. The smallest absolute Gasteiger partial charge is 0.254 e. The summed E-state index contributed by atoms with van der Waals surface area (Å²) in [6.07, 6.45) is 7.29. The molecule has 2 aromatic heterocycles. The van der Waals surface area contributed by atoms with E-state index in [1.54, 1.807) is 29.3 Å². The largest absolute Gasteiger partial charge is 0.340 e. The number of carbonyl (C=O) groups excluding carboxylic acids is 1. The van der Waals surface area contributed by atoms with Crippen LogP contribution in [-0.4, -0.2) is 38.2 Å². The second-order valence-electron chi connectivity index (χ2n) is 9.81. The van der Waals surface area contributed by atoms with Crippen molar-refractivity contribution in [1.82, 2.24) is 20.2 Å². The molecule has 1 fully saturated rings. The molecule has 3 heterocycles. The molecule has 1 aliphatic carbocycles. The third kappa shape index (κ3) is 4.04. The Labute approximate surface area is 215 Å². The van der Waals surface area contributed by atoms with Crippen LogP contribution < -0.4 is 15.1 Å². The van der Waals surface area contributed by atoms with E-state index in [1.807, 2.05) is 38.1 Å². The number of hydrogen-bond donors (Lipinski definition) is 2. The van der Waals surface area contributed by atoms with E-state index in [-0.39, 0.29) is 11.9 Å². The average molecular weight is 493 g/mol. The normalized spacial score (nSPS) is 18.1. The number of amides is 1. The number of rotatable bonds is 4. The molecule has 2 N–H and O–H groups in total. The molecule has 0 saturated heterocycles. The third-order valence-electron chi connectivity index (χ3n) is 7.44. The summed E-state index contributed by atoms with van der Waals surface area (Å²) >= 11 is 0. The van der Waals surface area contributed by atoms with Crippen LogP contribution in [0.15, 0.2) is 48.7 Å². The van der Waals surface area contributed by atoms with Crippen molar-refractivity contribution in [2.24, 2.45) is 0 Å². The van der Waals surface area contributed by atoms with Crippen LogP contribution in [0, 0.1) is 18.3 Å². The van der Waals surface area contributed by atoms with Crippen molar-refractivity contribution in [1.29, 1.82) is 5.26 Å². The van der Waals surface area contributed by atoms with Crippen molar-refractivity contribution in [2.75, 3.05) is 15.1 Å². The maximum atomic E-state index is 13.8. The van der Waals surface area contributed by atoms with Gasteiger partial charge in [0.15, 0.2) is 5.82 Å². The molecule has 1 atom stereocenters. The first-order chi connectivity index (χ1) is 18.0. The fourth-order valence-corrected chi connectivity index (χ4v) is 5.56. The molecule has 2 aromatic carbocycles. The molecule has 1 saturated carbocycles. The highest BCUT2D eigenvalue weighted by Gasteiger charge is 2.41. The molecule has 0 spiro atoms. The molecular formula is C28H28N8O. The maximum Gasteiger partial charge on any atom is 0.254 e. The highest BCUT2D eigenvalue weighted by Crippen LogP contribution is 2.42. The van der Waals surface area contributed by atoms with Crippen LogP contribution in [0.5, 0.6) is 0 Å². The van der Waals surface area contributed by atoms with E-state index >= 15 is 0 Å². The van der Waals surface area contributed by atoms with E-state index < -0.39 is 6.04 Å². The Kier molecular flexibility index (Phi) is 5.72. The number of aromatic amines is 1. The summed E-state index contributed by atoms with van der Waals surface area (Å²) in [7, 11) is 0. The third-order valence-corrected chi connectivity index (χ3v) is 7.44. The Bertz CT molecular complexity index is 1530. The summed E-state index contributed by atoms with van der Waals surface area (Å²) in [5.41, 5.74) is 4.54. The summed E-state index contributed by atoms with van der Waals surface area (Å²) in [5.74, 6) is 1.16. The van der Waals surface area contributed by atoms with E-state index in [0.717, 1.165) is 53.8 Å². The number of carbonyl (C=O) groups is 1. The molecule has 1 aliphatic heterocycles. The summed E-state index contributed by atoms with van der Waals surface area (Å²) in [6.45, 7) is 3.92. The van der Waals surface area contributed by atoms with Gasteiger partial charge in [0.25, 0.3) is 5.91 Å². The number of fused-ring (bicyclic) bond motifs is 2. The minimum absolute atomic E-state index is 0.0432. The van der Waals surface area contributed by atoms with Crippen LogP contribution in [-0.2, 0) is 4.79 Å². The Morgan fingerprint density at radius 1 is 1.14 bits per heavy atom. The van der Waals surface area contributed by atoms with Crippen LogP contribution in [0.3, 0.4) is 0 Å². The van der Waals surface area contributed by atoms with Crippen LogP contribution in [0.25, 0.3) is 10.9 Å². The lowest BCUT2D eigenvalue weighted by atomic mass is 9.92. The van der Waals surface area contributed by atoms with Crippen LogP contribution in [0.2, 0.25) is 0 Å². The standard InChI is InChI=1S/C28H28N8O/c1-17-23-14-20(11-12-24(23)34-33-17)31-28-30-16-25-26(32-28)35(21-8-4-3-5-9-21)18(2)27(37)36(25)22-10-6-7-19(13-22)15-29/h6-7,10-14,16,18,21H,3-5,8-9H2,1-2H3,(H,33,34)(H,30,31,32)/t18-/m1/s1. The Morgan fingerprint density at radius 3 is 2.78 bits per heavy atom. The second-order valence-corrected chi connectivity index (χ2v) is 9.81. The topological polar surface area (TPSA) is 114 Å². The van der Waals surface area contributed by atoms with Gasteiger partial charge in [-0.3, -0.25) is 14.8 Å². The van der Waals surface area contributed by atoms with Gasteiger partial charge < -0.3 is 10.2 Å². The van der Waals surface area contributed by atoms with E-state index in [1.165, 1.54) is 6.42 Å².